The molecule has 0 saturated heterocycles. The highest BCUT2D eigenvalue weighted by Crippen LogP contribution is 2.39. The Morgan fingerprint density at radius 2 is 1.50 bits per heavy atom. The lowest BCUT2D eigenvalue weighted by atomic mass is 9.81. The van der Waals surface area contributed by atoms with Crippen LogP contribution in [-0.4, -0.2) is 5.11 Å². The van der Waals surface area contributed by atoms with Crippen molar-refractivity contribution in [2.45, 2.75) is 60.0 Å². The Kier molecular flexibility index (Phi) is 5.02. The average Bonchev–Trinajstić information content (AvgIpc) is 2.63. The van der Waals surface area contributed by atoms with Crippen LogP contribution in [0, 0.1) is 17.8 Å². The molecule has 104 valence electrons. The van der Waals surface area contributed by atoms with Gasteiger partial charge < -0.3 is 5.11 Å². The Morgan fingerprint density at radius 1 is 1.00 bits per heavy atom. The molecule has 18 heavy (non-hydrogen) atoms. The molecule has 1 atom stereocenters. The third-order valence-corrected chi connectivity index (χ3v) is 5.14. The van der Waals surface area contributed by atoms with E-state index < -0.39 is 0 Å². The number of hydrogen-bond donors (Lipinski definition) is 1. The minimum Gasteiger partial charge on any atom is -0.387 e. The molecule has 0 aliphatic rings. The van der Waals surface area contributed by atoms with Crippen LogP contribution in [-0.2, 0) is 5.41 Å². The average molecular weight is 268 g/mol. The van der Waals surface area contributed by atoms with Crippen LogP contribution in [0.3, 0.4) is 0 Å². The second-order valence-corrected chi connectivity index (χ2v) is 8.08. The number of rotatable bonds is 4. The fraction of sp³-hybridized carbons (Fsp3) is 0.750. The van der Waals surface area contributed by atoms with Crippen molar-refractivity contribution in [1.82, 2.24) is 0 Å². The topological polar surface area (TPSA) is 20.2 Å². The molecule has 0 saturated carbocycles. The maximum Gasteiger partial charge on any atom is 0.0914 e. The van der Waals surface area contributed by atoms with Gasteiger partial charge in [0, 0.05) is 9.75 Å². The molecule has 0 bridgehead atoms. The minimum atomic E-state index is -0.328. The van der Waals surface area contributed by atoms with Gasteiger partial charge in [-0.05, 0) is 35.3 Å². The van der Waals surface area contributed by atoms with Gasteiger partial charge in [0.15, 0.2) is 0 Å². The predicted molar refractivity (Wildman–Crippen MR) is 81.1 cm³/mol. The minimum absolute atomic E-state index is 0.174. The summed E-state index contributed by atoms with van der Waals surface area (Å²) in [5, 5.41) is 10.6. The lowest BCUT2D eigenvalue weighted by molar-refractivity contribution is 0.0552. The maximum absolute atomic E-state index is 10.6. The summed E-state index contributed by atoms with van der Waals surface area (Å²) < 4.78 is 0. The molecule has 1 rings (SSSR count). The van der Waals surface area contributed by atoms with Crippen LogP contribution in [0.4, 0.5) is 0 Å². The first-order valence-electron chi connectivity index (χ1n) is 6.93. The van der Waals surface area contributed by atoms with Crippen molar-refractivity contribution in [2.75, 3.05) is 0 Å². The van der Waals surface area contributed by atoms with Gasteiger partial charge in [-0.2, -0.15) is 0 Å². The molecule has 0 fully saturated rings. The molecule has 1 N–H and O–H groups in total. The van der Waals surface area contributed by atoms with E-state index in [1.807, 2.05) is 0 Å². The highest BCUT2D eigenvalue weighted by atomic mass is 32.1. The number of aliphatic hydroxyl groups is 1. The zero-order chi connectivity index (χ0) is 14.1. The lowest BCUT2D eigenvalue weighted by Gasteiger charge is -2.29. The fourth-order valence-corrected chi connectivity index (χ4v) is 3.71. The van der Waals surface area contributed by atoms with Crippen LogP contribution >= 0.6 is 11.3 Å². The first-order chi connectivity index (χ1) is 8.14. The van der Waals surface area contributed by atoms with Crippen LogP contribution in [0.15, 0.2) is 12.1 Å². The maximum atomic E-state index is 10.6. The normalized spacial score (nSPS) is 14.8. The second-order valence-electron chi connectivity index (χ2n) is 6.96. The van der Waals surface area contributed by atoms with Crippen LogP contribution < -0.4 is 0 Å². The van der Waals surface area contributed by atoms with Gasteiger partial charge in [-0.15, -0.1) is 11.3 Å². The van der Waals surface area contributed by atoms with E-state index >= 15 is 0 Å². The number of aliphatic hydroxyl groups excluding tert-OH is 1. The molecular weight excluding hydrogens is 240 g/mol. The Hall–Kier alpha value is -0.340. The second kappa shape index (κ2) is 5.75. The zero-order valence-corrected chi connectivity index (χ0v) is 13.6. The summed E-state index contributed by atoms with van der Waals surface area (Å²) in [6.07, 6.45) is -0.328. The summed E-state index contributed by atoms with van der Waals surface area (Å²) in [6, 6.07) is 4.27. The summed E-state index contributed by atoms with van der Waals surface area (Å²) in [7, 11) is 0. The molecule has 1 heterocycles. The van der Waals surface area contributed by atoms with E-state index in [0.29, 0.717) is 17.8 Å². The quantitative estimate of drug-likeness (QED) is 0.814. The van der Waals surface area contributed by atoms with Crippen molar-refractivity contribution in [2.24, 2.45) is 17.8 Å². The Balaban J connectivity index is 2.96. The fourth-order valence-electron chi connectivity index (χ4n) is 2.60. The standard InChI is InChI=1S/C16H28OS/c1-10(2)14(11(3)4)15(17)12-8-9-13(18-12)16(5,6)7/h8-11,14-15,17H,1-7H3. The van der Waals surface area contributed by atoms with Crippen LogP contribution in [0.2, 0.25) is 0 Å². The smallest absolute Gasteiger partial charge is 0.0914 e. The van der Waals surface area contributed by atoms with Gasteiger partial charge in [0.25, 0.3) is 0 Å². The van der Waals surface area contributed by atoms with Gasteiger partial charge in [-0.25, -0.2) is 0 Å². The highest BCUT2D eigenvalue weighted by molar-refractivity contribution is 7.12. The van der Waals surface area contributed by atoms with Crippen molar-refractivity contribution in [1.29, 1.82) is 0 Å². The molecule has 1 unspecified atom stereocenters. The van der Waals surface area contributed by atoms with Crippen LogP contribution in [0.5, 0.6) is 0 Å². The molecule has 0 aliphatic carbocycles. The number of thiophene rings is 1. The lowest BCUT2D eigenvalue weighted by Crippen LogP contribution is -2.23. The summed E-state index contributed by atoms with van der Waals surface area (Å²) in [6.45, 7) is 15.5. The van der Waals surface area contributed by atoms with Crippen LogP contribution in [0.25, 0.3) is 0 Å². The third kappa shape index (κ3) is 3.58. The predicted octanol–water partition coefficient (Wildman–Crippen LogP) is 5.01. The molecule has 1 aromatic rings. The van der Waals surface area contributed by atoms with Gasteiger partial charge >= 0.3 is 0 Å². The summed E-state index contributed by atoms with van der Waals surface area (Å²) in [4.78, 5) is 2.47. The van der Waals surface area contributed by atoms with Gasteiger partial charge in [0.2, 0.25) is 0 Å². The van der Waals surface area contributed by atoms with Crippen molar-refractivity contribution in [3.05, 3.63) is 21.9 Å². The SMILES string of the molecule is CC(C)C(C(C)C)C(O)c1ccc(C(C)(C)C)s1. The third-order valence-electron chi connectivity index (χ3n) is 3.56. The number of hydrogen-bond acceptors (Lipinski definition) is 2. The van der Waals surface area contributed by atoms with Crippen molar-refractivity contribution >= 4 is 11.3 Å². The van der Waals surface area contributed by atoms with E-state index in [2.05, 4.69) is 60.6 Å². The zero-order valence-electron chi connectivity index (χ0n) is 12.8. The molecule has 1 nitrogen and oxygen atoms in total. The Labute approximate surface area is 116 Å². The van der Waals surface area contributed by atoms with E-state index in [-0.39, 0.29) is 11.5 Å². The van der Waals surface area contributed by atoms with E-state index in [4.69, 9.17) is 0 Å². The summed E-state index contributed by atoms with van der Waals surface area (Å²) >= 11 is 1.76. The van der Waals surface area contributed by atoms with E-state index in [1.165, 1.54) is 4.88 Å². The Morgan fingerprint density at radius 3 is 1.83 bits per heavy atom. The Bertz CT molecular complexity index is 363. The van der Waals surface area contributed by atoms with E-state index in [1.54, 1.807) is 11.3 Å². The molecule has 0 spiro atoms. The van der Waals surface area contributed by atoms with Gasteiger partial charge in [0.05, 0.1) is 6.10 Å². The first-order valence-corrected chi connectivity index (χ1v) is 7.74. The molecular formula is C16H28OS. The largest absolute Gasteiger partial charge is 0.387 e. The van der Waals surface area contributed by atoms with Gasteiger partial charge in [-0.3, -0.25) is 0 Å². The van der Waals surface area contributed by atoms with Crippen molar-refractivity contribution in [3.63, 3.8) is 0 Å². The van der Waals surface area contributed by atoms with Gasteiger partial charge in [0.1, 0.15) is 0 Å². The van der Waals surface area contributed by atoms with Crippen LogP contribution in [0.1, 0.15) is 64.3 Å². The van der Waals surface area contributed by atoms with Crippen molar-refractivity contribution < 1.29 is 5.11 Å². The first kappa shape index (κ1) is 15.7. The molecule has 1 aromatic heterocycles. The summed E-state index contributed by atoms with van der Waals surface area (Å²) in [5.41, 5.74) is 0.174. The molecule has 2 heteroatoms. The molecule has 0 amide bonds. The summed E-state index contributed by atoms with van der Waals surface area (Å²) in [5.74, 6) is 1.33. The monoisotopic (exact) mass is 268 g/mol. The van der Waals surface area contributed by atoms with E-state index in [9.17, 15) is 5.11 Å². The molecule has 0 aliphatic heterocycles. The van der Waals surface area contributed by atoms with E-state index in [0.717, 1.165) is 4.88 Å². The highest BCUT2D eigenvalue weighted by Gasteiger charge is 2.29. The molecule has 0 aromatic carbocycles. The molecule has 0 radical (unpaired) electrons. The van der Waals surface area contributed by atoms with Gasteiger partial charge in [-0.1, -0.05) is 48.5 Å². The van der Waals surface area contributed by atoms with Crippen molar-refractivity contribution in [3.8, 4) is 0 Å².